The van der Waals surface area contributed by atoms with Crippen LogP contribution in [0.1, 0.15) is 10.4 Å². The van der Waals surface area contributed by atoms with E-state index in [-0.39, 0.29) is 5.02 Å². The number of carbonyl (C=O) groups is 1. The van der Waals surface area contributed by atoms with E-state index in [1.54, 1.807) is 0 Å². The Hall–Kier alpha value is -1.21. The summed E-state index contributed by atoms with van der Waals surface area (Å²) in [4.78, 5) is 9.83. The third-order valence-electron chi connectivity index (χ3n) is 1.69. The predicted molar refractivity (Wildman–Crippen MR) is 51.0 cm³/mol. The molecule has 0 saturated carbocycles. The van der Waals surface area contributed by atoms with E-state index in [2.05, 4.69) is 4.74 Å². The van der Waals surface area contributed by atoms with Gasteiger partial charge in [0.1, 0.15) is 10.7 Å². The molecule has 8 heteroatoms. The van der Waals surface area contributed by atoms with Gasteiger partial charge < -0.3 is 4.74 Å². The molecule has 0 aliphatic heterocycles. The smallest absolute Gasteiger partial charge is 0.339 e. The molecule has 4 nitrogen and oxygen atoms in total. The van der Waals surface area contributed by atoms with E-state index < -0.39 is 32.5 Å². The van der Waals surface area contributed by atoms with E-state index in [4.69, 9.17) is 11.6 Å². The first-order valence-corrected chi connectivity index (χ1v) is 5.55. The van der Waals surface area contributed by atoms with Crippen molar-refractivity contribution in [3.8, 4) is 0 Å². The fourth-order valence-electron chi connectivity index (χ4n) is 0.982. The van der Waals surface area contributed by atoms with Crippen molar-refractivity contribution in [1.29, 1.82) is 0 Å². The molecule has 1 aromatic carbocycles. The Bertz CT molecular complexity index is 541. The average molecular weight is 271 g/mol. The van der Waals surface area contributed by atoms with E-state index in [1.807, 2.05) is 0 Å². The first-order chi connectivity index (χ1) is 7.27. The monoisotopic (exact) mass is 270 g/mol. The number of halogens is 3. The van der Waals surface area contributed by atoms with Crippen LogP contribution in [0.4, 0.5) is 8.28 Å². The Labute approximate surface area is 95.0 Å². The van der Waals surface area contributed by atoms with E-state index in [9.17, 15) is 21.5 Å². The second-order valence-electron chi connectivity index (χ2n) is 2.69. The zero-order valence-electron chi connectivity index (χ0n) is 7.83. The van der Waals surface area contributed by atoms with Gasteiger partial charge in [-0.1, -0.05) is 11.6 Å². The van der Waals surface area contributed by atoms with Crippen LogP contribution in [-0.4, -0.2) is 21.5 Å². The Morgan fingerprint density at radius 3 is 2.44 bits per heavy atom. The molecule has 1 aromatic rings. The topological polar surface area (TPSA) is 60.4 Å². The summed E-state index contributed by atoms with van der Waals surface area (Å²) < 4.78 is 51.0. The minimum atomic E-state index is -5.26. The normalized spacial score (nSPS) is 11.2. The van der Waals surface area contributed by atoms with E-state index in [0.717, 1.165) is 7.11 Å². The molecule has 0 saturated heterocycles. The Morgan fingerprint density at radius 1 is 1.44 bits per heavy atom. The number of hydrogen-bond donors (Lipinski definition) is 0. The lowest BCUT2D eigenvalue weighted by atomic mass is 10.2. The minimum absolute atomic E-state index is 0.364. The molecule has 0 fully saturated rings. The maximum Gasteiger partial charge on any atom is 0.339 e. The SMILES string of the molecule is COC(=O)c1cc(S(=O)(=O)F)c(F)cc1Cl. The zero-order chi connectivity index (χ0) is 12.5. The Kier molecular flexibility index (Phi) is 3.49. The lowest BCUT2D eigenvalue weighted by Crippen LogP contribution is -2.06. The lowest BCUT2D eigenvalue weighted by molar-refractivity contribution is 0.0600. The van der Waals surface area contributed by atoms with Gasteiger partial charge in [-0.05, 0) is 12.1 Å². The molecule has 16 heavy (non-hydrogen) atoms. The molecule has 0 atom stereocenters. The second-order valence-corrected chi connectivity index (χ2v) is 4.41. The van der Waals surface area contributed by atoms with Crippen LogP contribution in [0.5, 0.6) is 0 Å². The molecule has 0 aliphatic rings. The first-order valence-electron chi connectivity index (χ1n) is 3.79. The summed E-state index contributed by atoms with van der Waals surface area (Å²) in [7, 11) is -4.24. The van der Waals surface area contributed by atoms with Gasteiger partial charge in [0.05, 0.1) is 17.7 Å². The number of ether oxygens (including phenoxy) is 1. The summed E-state index contributed by atoms with van der Waals surface area (Å²) in [5.41, 5.74) is -0.429. The number of hydrogen-bond acceptors (Lipinski definition) is 4. The molecule has 0 aliphatic carbocycles. The van der Waals surface area contributed by atoms with E-state index >= 15 is 0 Å². The van der Waals surface area contributed by atoms with Crippen LogP contribution >= 0.6 is 11.6 Å². The number of carbonyl (C=O) groups excluding carboxylic acids is 1. The van der Waals surface area contributed by atoms with Crippen LogP contribution in [0.3, 0.4) is 0 Å². The predicted octanol–water partition coefficient (Wildman–Crippen LogP) is 1.92. The van der Waals surface area contributed by atoms with Crippen LogP contribution < -0.4 is 0 Å². The molecule has 0 spiro atoms. The first kappa shape index (κ1) is 12.9. The Morgan fingerprint density at radius 2 is 2.00 bits per heavy atom. The highest BCUT2D eigenvalue weighted by Crippen LogP contribution is 2.25. The average Bonchev–Trinajstić information content (AvgIpc) is 2.14. The molecule has 1 rings (SSSR count). The van der Waals surface area contributed by atoms with Crippen molar-refractivity contribution in [2.45, 2.75) is 4.90 Å². The van der Waals surface area contributed by atoms with Crippen molar-refractivity contribution >= 4 is 27.8 Å². The van der Waals surface area contributed by atoms with Crippen LogP contribution in [0.2, 0.25) is 5.02 Å². The molecule has 0 radical (unpaired) electrons. The minimum Gasteiger partial charge on any atom is -0.465 e. The maximum atomic E-state index is 13.0. The molecular formula is C8H5ClF2O4S. The number of methoxy groups -OCH3 is 1. The summed E-state index contributed by atoms with van der Waals surface area (Å²) in [5, 5.41) is -0.364. The van der Waals surface area contributed by atoms with Crippen molar-refractivity contribution in [2.24, 2.45) is 0 Å². The highest BCUT2D eigenvalue weighted by atomic mass is 35.5. The largest absolute Gasteiger partial charge is 0.465 e. The molecule has 88 valence electrons. The Balaban J connectivity index is 3.51. The summed E-state index contributed by atoms with van der Waals surface area (Å²) in [6.07, 6.45) is 0. The van der Waals surface area contributed by atoms with E-state index in [1.165, 1.54) is 0 Å². The van der Waals surface area contributed by atoms with Crippen LogP contribution in [0, 0.1) is 5.82 Å². The van der Waals surface area contributed by atoms with Crippen molar-refractivity contribution in [3.05, 3.63) is 28.5 Å². The fraction of sp³-hybridized carbons (Fsp3) is 0.125. The standard InChI is InChI=1S/C8H5ClF2O4S/c1-15-8(12)4-2-7(16(11,13)14)6(10)3-5(4)9/h2-3H,1H3. The molecule has 0 aromatic heterocycles. The number of benzene rings is 1. The quantitative estimate of drug-likeness (QED) is 0.608. The summed E-state index contributed by atoms with van der Waals surface area (Å²) in [5.74, 6) is -2.37. The van der Waals surface area contributed by atoms with Crippen molar-refractivity contribution in [3.63, 3.8) is 0 Å². The van der Waals surface area contributed by atoms with Gasteiger partial charge >= 0.3 is 16.2 Å². The third kappa shape index (κ3) is 2.48. The van der Waals surface area contributed by atoms with Gasteiger partial charge in [0, 0.05) is 0 Å². The van der Waals surface area contributed by atoms with Crippen LogP contribution in [-0.2, 0) is 15.0 Å². The molecule has 0 heterocycles. The summed E-state index contributed by atoms with van der Waals surface area (Å²) >= 11 is 5.47. The molecular weight excluding hydrogens is 266 g/mol. The van der Waals surface area contributed by atoms with Crippen molar-refractivity contribution < 1.29 is 26.2 Å². The number of esters is 1. The number of rotatable bonds is 2. The highest BCUT2D eigenvalue weighted by Gasteiger charge is 2.23. The molecule has 0 amide bonds. The zero-order valence-corrected chi connectivity index (χ0v) is 9.40. The molecule has 0 N–H and O–H groups in total. The fourth-order valence-corrected chi connectivity index (χ4v) is 1.76. The van der Waals surface area contributed by atoms with Gasteiger partial charge in [-0.2, -0.15) is 8.42 Å². The third-order valence-corrected chi connectivity index (χ3v) is 2.84. The second kappa shape index (κ2) is 4.34. The van der Waals surface area contributed by atoms with Gasteiger partial charge in [0.25, 0.3) is 0 Å². The highest BCUT2D eigenvalue weighted by molar-refractivity contribution is 7.86. The van der Waals surface area contributed by atoms with Gasteiger partial charge in [-0.3, -0.25) is 0 Å². The lowest BCUT2D eigenvalue weighted by Gasteiger charge is -2.04. The van der Waals surface area contributed by atoms with Crippen LogP contribution in [0.15, 0.2) is 17.0 Å². The van der Waals surface area contributed by atoms with Gasteiger partial charge in [-0.15, -0.1) is 3.89 Å². The van der Waals surface area contributed by atoms with Crippen LogP contribution in [0.25, 0.3) is 0 Å². The van der Waals surface area contributed by atoms with E-state index in [0.29, 0.717) is 12.1 Å². The maximum absolute atomic E-state index is 13.0. The summed E-state index contributed by atoms with van der Waals surface area (Å²) in [6.45, 7) is 0. The molecule has 0 bridgehead atoms. The summed E-state index contributed by atoms with van der Waals surface area (Å²) in [6, 6.07) is 1.01. The molecule has 0 unspecified atom stereocenters. The van der Waals surface area contributed by atoms with Gasteiger partial charge in [0.2, 0.25) is 0 Å². The van der Waals surface area contributed by atoms with Gasteiger partial charge in [-0.25, -0.2) is 9.18 Å². The van der Waals surface area contributed by atoms with Crippen molar-refractivity contribution in [1.82, 2.24) is 0 Å². The van der Waals surface area contributed by atoms with Crippen molar-refractivity contribution in [2.75, 3.05) is 7.11 Å². The van der Waals surface area contributed by atoms with Gasteiger partial charge in [0.15, 0.2) is 0 Å².